The predicted octanol–water partition coefficient (Wildman–Crippen LogP) is 1.20. The monoisotopic (exact) mass is 225 g/mol. The zero-order valence-electron chi connectivity index (χ0n) is 8.83. The minimum Gasteiger partial charge on any atom is -0.481 e. The average Bonchev–Trinajstić information content (AvgIpc) is 3.01. The second-order valence-corrected chi connectivity index (χ2v) is 4.06. The van der Waals surface area contributed by atoms with E-state index < -0.39 is 17.2 Å². The first kappa shape index (κ1) is 10.8. The summed E-state index contributed by atoms with van der Waals surface area (Å²) < 4.78 is 13.5. The largest absolute Gasteiger partial charge is 0.481 e. The first-order valence-corrected chi connectivity index (χ1v) is 4.99. The fraction of sp³-hybridized carbons (Fsp3) is 0.500. The van der Waals surface area contributed by atoms with E-state index in [1.54, 1.807) is 0 Å². The van der Waals surface area contributed by atoms with Gasteiger partial charge in [0, 0.05) is 6.54 Å². The molecule has 0 aliphatic heterocycles. The number of nitrogens with one attached hydrogen (secondary N) is 1. The van der Waals surface area contributed by atoms with Crippen LogP contribution in [0.1, 0.15) is 18.5 Å². The van der Waals surface area contributed by atoms with Crippen molar-refractivity contribution in [2.45, 2.75) is 19.8 Å². The SMILES string of the molecule is Cc1ncnc(NCC2(C(=O)O)CC2)c1F. The van der Waals surface area contributed by atoms with Crippen LogP contribution >= 0.6 is 0 Å². The molecule has 0 amide bonds. The number of aliphatic carboxylic acids is 1. The Morgan fingerprint density at radius 2 is 2.31 bits per heavy atom. The molecule has 0 radical (unpaired) electrons. The lowest BCUT2D eigenvalue weighted by Gasteiger charge is -2.12. The summed E-state index contributed by atoms with van der Waals surface area (Å²) in [4.78, 5) is 18.3. The van der Waals surface area contributed by atoms with E-state index in [9.17, 15) is 9.18 Å². The van der Waals surface area contributed by atoms with Crippen LogP contribution in [-0.4, -0.2) is 27.6 Å². The Morgan fingerprint density at radius 1 is 1.62 bits per heavy atom. The van der Waals surface area contributed by atoms with Gasteiger partial charge < -0.3 is 10.4 Å². The topological polar surface area (TPSA) is 75.1 Å². The van der Waals surface area contributed by atoms with Gasteiger partial charge in [0.2, 0.25) is 0 Å². The van der Waals surface area contributed by atoms with Gasteiger partial charge in [-0.2, -0.15) is 0 Å². The van der Waals surface area contributed by atoms with Crippen LogP contribution in [0.2, 0.25) is 0 Å². The molecule has 1 aliphatic rings. The van der Waals surface area contributed by atoms with Gasteiger partial charge in [0.15, 0.2) is 11.6 Å². The molecular weight excluding hydrogens is 213 g/mol. The molecule has 6 heteroatoms. The maximum atomic E-state index is 13.5. The molecule has 1 heterocycles. The summed E-state index contributed by atoms with van der Waals surface area (Å²) in [5.41, 5.74) is -0.483. The quantitative estimate of drug-likeness (QED) is 0.805. The fourth-order valence-corrected chi connectivity index (χ4v) is 1.45. The van der Waals surface area contributed by atoms with Crippen molar-refractivity contribution in [1.29, 1.82) is 0 Å². The van der Waals surface area contributed by atoms with Gasteiger partial charge in [0.25, 0.3) is 0 Å². The van der Waals surface area contributed by atoms with Crippen LogP contribution < -0.4 is 5.32 Å². The molecule has 1 aromatic heterocycles. The third-order valence-corrected chi connectivity index (χ3v) is 2.87. The highest BCUT2D eigenvalue weighted by Gasteiger charge is 2.50. The maximum absolute atomic E-state index is 13.5. The van der Waals surface area contributed by atoms with E-state index in [4.69, 9.17) is 5.11 Å². The number of hydrogen-bond acceptors (Lipinski definition) is 4. The first-order chi connectivity index (χ1) is 7.55. The van der Waals surface area contributed by atoms with Crippen LogP contribution in [0.5, 0.6) is 0 Å². The number of nitrogens with zero attached hydrogens (tertiary/aromatic N) is 2. The minimum absolute atomic E-state index is 0.0695. The highest BCUT2D eigenvalue weighted by molar-refractivity contribution is 5.78. The molecular formula is C10H12FN3O2. The summed E-state index contributed by atoms with van der Waals surface area (Å²) in [5, 5.41) is 11.7. The van der Waals surface area contributed by atoms with Crippen LogP contribution in [0.25, 0.3) is 0 Å². The Balaban J connectivity index is 2.06. The van der Waals surface area contributed by atoms with E-state index in [-0.39, 0.29) is 18.1 Å². The summed E-state index contributed by atoms with van der Waals surface area (Å²) in [6.07, 6.45) is 2.50. The minimum atomic E-state index is -0.841. The third-order valence-electron chi connectivity index (χ3n) is 2.87. The summed E-state index contributed by atoms with van der Waals surface area (Å²) in [5.74, 6) is -1.30. The molecule has 0 unspecified atom stereocenters. The Hall–Kier alpha value is -1.72. The molecule has 5 nitrogen and oxygen atoms in total. The highest BCUT2D eigenvalue weighted by atomic mass is 19.1. The van der Waals surface area contributed by atoms with Crippen LogP contribution in [0.4, 0.5) is 10.2 Å². The van der Waals surface area contributed by atoms with E-state index in [1.165, 1.54) is 13.3 Å². The number of rotatable bonds is 4. The molecule has 0 aromatic carbocycles. The molecule has 0 atom stereocenters. The Labute approximate surface area is 91.7 Å². The third kappa shape index (κ3) is 1.82. The average molecular weight is 225 g/mol. The summed E-state index contributed by atoms with van der Waals surface area (Å²) in [7, 11) is 0. The van der Waals surface area contributed by atoms with Crippen molar-refractivity contribution in [2.75, 3.05) is 11.9 Å². The summed E-state index contributed by atoms with van der Waals surface area (Å²) in [6, 6.07) is 0. The second kappa shape index (κ2) is 3.70. The van der Waals surface area contributed by atoms with Gasteiger partial charge in [0.1, 0.15) is 6.33 Å². The molecule has 1 aromatic rings. The number of hydrogen-bond donors (Lipinski definition) is 2. The fourth-order valence-electron chi connectivity index (χ4n) is 1.45. The van der Waals surface area contributed by atoms with E-state index >= 15 is 0 Å². The predicted molar refractivity (Wildman–Crippen MR) is 54.5 cm³/mol. The zero-order valence-corrected chi connectivity index (χ0v) is 8.83. The number of aromatic nitrogens is 2. The molecule has 0 spiro atoms. The normalized spacial score (nSPS) is 16.9. The van der Waals surface area contributed by atoms with Gasteiger partial charge in [-0.3, -0.25) is 4.79 Å². The van der Waals surface area contributed by atoms with Crippen LogP contribution in [0, 0.1) is 18.2 Å². The summed E-state index contributed by atoms with van der Waals surface area (Å²) in [6.45, 7) is 1.74. The van der Waals surface area contributed by atoms with Crippen LogP contribution in [0.15, 0.2) is 6.33 Å². The number of carboxylic acid groups (broad SMARTS) is 1. The Kier molecular flexibility index (Phi) is 2.49. The number of halogens is 1. The molecule has 86 valence electrons. The molecule has 16 heavy (non-hydrogen) atoms. The Bertz CT molecular complexity index is 432. The molecule has 2 rings (SSSR count). The standard InChI is InChI=1S/C10H12FN3O2/c1-6-7(11)8(14-5-13-6)12-4-10(2-3-10)9(15)16/h5H,2-4H2,1H3,(H,15,16)(H,12,13,14). The number of anilines is 1. The van der Waals surface area contributed by atoms with E-state index in [0.29, 0.717) is 12.8 Å². The molecule has 2 N–H and O–H groups in total. The van der Waals surface area contributed by atoms with Crippen LogP contribution in [0.3, 0.4) is 0 Å². The Morgan fingerprint density at radius 3 is 2.88 bits per heavy atom. The second-order valence-electron chi connectivity index (χ2n) is 4.06. The molecule has 1 saturated carbocycles. The van der Waals surface area contributed by atoms with Gasteiger partial charge in [-0.1, -0.05) is 0 Å². The highest BCUT2D eigenvalue weighted by Crippen LogP contribution is 2.45. The number of aryl methyl sites for hydroxylation is 1. The molecule has 1 aliphatic carbocycles. The van der Waals surface area contributed by atoms with Gasteiger partial charge >= 0.3 is 5.97 Å². The summed E-state index contributed by atoms with van der Waals surface area (Å²) >= 11 is 0. The van der Waals surface area contributed by atoms with E-state index in [1.807, 2.05) is 0 Å². The van der Waals surface area contributed by atoms with Gasteiger partial charge in [-0.15, -0.1) is 0 Å². The van der Waals surface area contributed by atoms with Crippen molar-refractivity contribution in [1.82, 2.24) is 9.97 Å². The van der Waals surface area contributed by atoms with Gasteiger partial charge in [0.05, 0.1) is 11.1 Å². The number of carboxylic acids is 1. The van der Waals surface area contributed by atoms with Crippen molar-refractivity contribution >= 4 is 11.8 Å². The molecule has 0 bridgehead atoms. The van der Waals surface area contributed by atoms with Crippen molar-refractivity contribution in [3.63, 3.8) is 0 Å². The number of carbonyl (C=O) groups is 1. The molecule has 0 saturated heterocycles. The maximum Gasteiger partial charge on any atom is 0.311 e. The van der Waals surface area contributed by atoms with E-state index in [2.05, 4.69) is 15.3 Å². The van der Waals surface area contributed by atoms with Crippen LogP contribution in [-0.2, 0) is 4.79 Å². The lowest BCUT2D eigenvalue weighted by Crippen LogP contribution is -2.25. The van der Waals surface area contributed by atoms with Crippen molar-refractivity contribution in [3.05, 3.63) is 17.8 Å². The smallest absolute Gasteiger partial charge is 0.311 e. The molecule has 1 fully saturated rings. The van der Waals surface area contributed by atoms with Gasteiger partial charge in [-0.25, -0.2) is 14.4 Å². The lowest BCUT2D eigenvalue weighted by molar-refractivity contribution is -0.142. The van der Waals surface area contributed by atoms with Crippen molar-refractivity contribution in [2.24, 2.45) is 5.41 Å². The van der Waals surface area contributed by atoms with E-state index in [0.717, 1.165) is 0 Å². The lowest BCUT2D eigenvalue weighted by atomic mass is 10.1. The first-order valence-electron chi connectivity index (χ1n) is 4.99. The van der Waals surface area contributed by atoms with Gasteiger partial charge in [-0.05, 0) is 19.8 Å². The van der Waals surface area contributed by atoms with Crippen molar-refractivity contribution < 1.29 is 14.3 Å². The van der Waals surface area contributed by atoms with Crippen molar-refractivity contribution in [3.8, 4) is 0 Å². The zero-order chi connectivity index (χ0) is 11.8.